The second-order valence-electron chi connectivity index (χ2n) is 3.26. The Morgan fingerprint density at radius 1 is 1.36 bits per heavy atom. The van der Waals surface area contributed by atoms with Crippen molar-refractivity contribution in [1.82, 2.24) is 0 Å². The molecule has 0 fully saturated rings. The summed E-state index contributed by atoms with van der Waals surface area (Å²) in [6, 6.07) is 0. The summed E-state index contributed by atoms with van der Waals surface area (Å²) < 4.78 is 10.6. The molecule has 0 saturated carbocycles. The molecule has 3 heteroatoms. The molecule has 0 radical (unpaired) electrons. The van der Waals surface area contributed by atoms with Crippen LogP contribution in [0.1, 0.15) is 33.6 Å². The topological polar surface area (TPSA) is 18.5 Å². The van der Waals surface area contributed by atoms with Crippen LogP contribution in [-0.2, 0) is 9.16 Å². The molecule has 0 heterocycles. The Kier molecular flexibility index (Phi) is 5.82. The van der Waals surface area contributed by atoms with E-state index in [9.17, 15) is 0 Å². The minimum absolute atomic E-state index is 0.0727. The molecule has 0 aliphatic carbocycles. The Hall–Kier alpha value is 0.137. The third-order valence-electron chi connectivity index (χ3n) is 1.82. The van der Waals surface area contributed by atoms with Gasteiger partial charge in [0.05, 0.1) is 0 Å². The van der Waals surface area contributed by atoms with E-state index in [4.69, 9.17) is 9.16 Å². The molecule has 0 aromatic carbocycles. The van der Waals surface area contributed by atoms with Gasteiger partial charge in [0.2, 0.25) is 0 Å². The van der Waals surface area contributed by atoms with Gasteiger partial charge in [-0.25, -0.2) is 0 Å². The quantitative estimate of drug-likeness (QED) is 0.442. The van der Waals surface area contributed by atoms with Crippen LogP contribution in [0.15, 0.2) is 0 Å². The van der Waals surface area contributed by atoms with Crippen molar-refractivity contribution in [3.05, 3.63) is 0 Å². The van der Waals surface area contributed by atoms with Gasteiger partial charge in [-0.05, 0) is 33.6 Å². The number of ether oxygens (including phenoxy) is 1. The molecule has 0 atom stereocenters. The van der Waals surface area contributed by atoms with Crippen LogP contribution in [0, 0.1) is 0 Å². The van der Waals surface area contributed by atoms with E-state index < -0.39 is 0 Å². The van der Waals surface area contributed by atoms with Crippen LogP contribution in [0.25, 0.3) is 0 Å². The average molecular weight is 176 g/mol. The van der Waals surface area contributed by atoms with Gasteiger partial charge in [0.1, 0.15) is 10.5 Å². The van der Waals surface area contributed by atoms with E-state index in [-0.39, 0.29) is 5.60 Å². The summed E-state index contributed by atoms with van der Waals surface area (Å²) in [4.78, 5) is 0. The van der Waals surface area contributed by atoms with Crippen molar-refractivity contribution in [2.75, 3.05) is 13.2 Å². The number of hydrogen-bond donors (Lipinski definition) is 0. The first-order valence-electron chi connectivity index (χ1n) is 4.25. The fourth-order valence-electron chi connectivity index (χ4n) is 0.846. The Balaban J connectivity index is 3.23. The van der Waals surface area contributed by atoms with E-state index in [1.807, 2.05) is 6.92 Å². The summed E-state index contributed by atoms with van der Waals surface area (Å²) in [6.07, 6.45) is 2.19. The number of rotatable bonds is 6. The molecule has 0 amide bonds. The standard InChI is InChI=1S/C8H20O2Si/c1-4-9-7-5-6-8(2,3)10-11/h4-7H2,1-3,11H3. The molecule has 68 valence electrons. The lowest BCUT2D eigenvalue weighted by Crippen LogP contribution is -2.23. The van der Waals surface area contributed by atoms with Crippen molar-refractivity contribution >= 4 is 10.5 Å². The molecule has 0 aromatic rings. The fraction of sp³-hybridized carbons (Fsp3) is 1.00. The van der Waals surface area contributed by atoms with E-state index in [1.165, 1.54) is 0 Å². The molecule has 0 aliphatic rings. The van der Waals surface area contributed by atoms with Crippen LogP contribution in [0.2, 0.25) is 0 Å². The number of hydrogen-bond acceptors (Lipinski definition) is 2. The summed E-state index contributed by atoms with van der Waals surface area (Å²) in [6.45, 7) is 7.97. The van der Waals surface area contributed by atoms with Gasteiger partial charge in [0.15, 0.2) is 0 Å². The van der Waals surface area contributed by atoms with Gasteiger partial charge in [-0.2, -0.15) is 0 Å². The third kappa shape index (κ3) is 6.53. The molecule has 0 N–H and O–H groups in total. The molecule has 0 unspecified atom stereocenters. The highest BCUT2D eigenvalue weighted by Gasteiger charge is 2.13. The van der Waals surface area contributed by atoms with E-state index in [0.29, 0.717) is 0 Å². The average Bonchev–Trinajstić information content (AvgIpc) is 1.99. The summed E-state index contributed by atoms with van der Waals surface area (Å²) in [7, 11) is 0.826. The van der Waals surface area contributed by atoms with Crippen molar-refractivity contribution in [1.29, 1.82) is 0 Å². The van der Waals surface area contributed by atoms with Crippen LogP contribution in [-0.4, -0.2) is 29.3 Å². The molecule has 2 nitrogen and oxygen atoms in total. The molecule has 11 heavy (non-hydrogen) atoms. The van der Waals surface area contributed by atoms with Crippen LogP contribution in [0.5, 0.6) is 0 Å². The van der Waals surface area contributed by atoms with Crippen LogP contribution in [0.3, 0.4) is 0 Å². The highest BCUT2D eigenvalue weighted by Crippen LogP contribution is 2.14. The molecule has 0 aromatic heterocycles. The predicted octanol–water partition coefficient (Wildman–Crippen LogP) is 0.879. The molecule has 0 aliphatic heterocycles. The van der Waals surface area contributed by atoms with Gasteiger partial charge in [-0.3, -0.25) is 0 Å². The first kappa shape index (κ1) is 11.1. The highest BCUT2D eigenvalue weighted by atomic mass is 28.2. The summed E-state index contributed by atoms with van der Waals surface area (Å²) >= 11 is 0. The monoisotopic (exact) mass is 176 g/mol. The minimum atomic E-state index is 0.0727. The lowest BCUT2D eigenvalue weighted by Gasteiger charge is -2.23. The summed E-state index contributed by atoms with van der Waals surface area (Å²) in [5.41, 5.74) is 0.0727. The zero-order valence-corrected chi connectivity index (χ0v) is 10.1. The van der Waals surface area contributed by atoms with E-state index >= 15 is 0 Å². The largest absolute Gasteiger partial charge is 0.423 e. The van der Waals surface area contributed by atoms with Gasteiger partial charge in [-0.15, -0.1) is 0 Å². The first-order chi connectivity index (χ1) is 5.12. The molecular weight excluding hydrogens is 156 g/mol. The van der Waals surface area contributed by atoms with Crippen LogP contribution < -0.4 is 0 Å². The van der Waals surface area contributed by atoms with Gasteiger partial charge in [-0.1, -0.05) is 0 Å². The summed E-state index contributed by atoms with van der Waals surface area (Å²) in [5.74, 6) is 0. The normalized spacial score (nSPS) is 12.3. The predicted molar refractivity (Wildman–Crippen MR) is 50.8 cm³/mol. The van der Waals surface area contributed by atoms with Crippen LogP contribution in [0.4, 0.5) is 0 Å². The highest BCUT2D eigenvalue weighted by molar-refractivity contribution is 5.98. The fourth-order valence-corrected chi connectivity index (χ4v) is 1.05. The van der Waals surface area contributed by atoms with Crippen molar-refractivity contribution in [2.45, 2.75) is 39.2 Å². The van der Waals surface area contributed by atoms with Gasteiger partial charge < -0.3 is 9.16 Å². The second kappa shape index (κ2) is 5.74. The third-order valence-corrected chi connectivity index (χ3v) is 2.93. The van der Waals surface area contributed by atoms with Crippen molar-refractivity contribution in [3.8, 4) is 0 Å². The Morgan fingerprint density at radius 3 is 2.45 bits per heavy atom. The van der Waals surface area contributed by atoms with Gasteiger partial charge in [0, 0.05) is 18.8 Å². The molecule has 0 saturated heterocycles. The smallest absolute Gasteiger partial charge is 0.146 e. The van der Waals surface area contributed by atoms with Gasteiger partial charge in [0.25, 0.3) is 0 Å². The maximum absolute atomic E-state index is 5.40. The molecule has 0 bridgehead atoms. The minimum Gasteiger partial charge on any atom is -0.423 e. The zero-order valence-electron chi connectivity index (χ0n) is 8.14. The summed E-state index contributed by atoms with van der Waals surface area (Å²) in [5, 5.41) is 0. The Morgan fingerprint density at radius 2 is 2.00 bits per heavy atom. The Labute approximate surface area is 72.8 Å². The Bertz CT molecular complexity index is 94.1. The van der Waals surface area contributed by atoms with Gasteiger partial charge >= 0.3 is 0 Å². The molecule has 0 rings (SSSR count). The maximum Gasteiger partial charge on any atom is 0.146 e. The first-order valence-corrected chi connectivity index (χ1v) is 5.07. The van der Waals surface area contributed by atoms with E-state index in [2.05, 4.69) is 13.8 Å². The van der Waals surface area contributed by atoms with Crippen molar-refractivity contribution in [2.24, 2.45) is 0 Å². The van der Waals surface area contributed by atoms with Crippen molar-refractivity contribution < 1.29 is 9.16 Å². The maximum atomic E-state index is 5.40. The lowest BCUT2D eigenvalue weighted by atomic mass is 10.0. The SMILES string of the molecule is CCOCCCC(C)(C)O[SiH3]. The van der Waals surface area contributed by atoms with E-state index in [1.54, 1.807) is 0 Å². The van der Waals surface area contributed by atoms with Crippen LogP contribution >= 0.6 is 0 Å². The lowest BCUT2D eigenvalue weighted by molar-refractivity contribution is 0.0842. The second-order valence-corrected chi connectivity index (χ2v) is 3.67. The molecule has 0 spiro atoms. The zero-order chi connectivity index (χ0) is 8.74. The van der Waals surface area contributed by atoms with Crippen molar-refractivity contribution in [3.63, 3.8) is 0 Å². The molecular formula is C8H20O2Si. The van der Waals surface area contributed by atoms with E-state index in [0.717, 1.165) is 36.5 Å².